The van der Waals surface area contributed by atoms with Gasteiger partial charge in [0.15, 0.2) is 0 Å². The molecule has 5 nitrogen and oxygen atoms in total. The lowest BCUT2D eigenvalue weighted by Gasteiger charge is -2.17. The second kappa shape index (κ2) is 7.05. The van der Waals surface area contributed by atoms with E-state index in [0.29, 0.717) is 13.0 Å². The number of nitrogens with zero attached hydrogens (tertiary/aromatic N) is 3. The molecule has 0 atom stereocenters. The van der Waals surface area contributed by atoms with Crippen molar-refractivity contribution >= 4 is 11.6 Å². The average Bonchev–Trinajstić information content (AvgIpc) is 2.85. The zero-order valence-electron chi connectivity index (χ0n) is 12.2. The zero-order valence-corrected chi connectivity index (χ0v) is 12.2. The highest BCUT2D eigenvalue weighted by molar-refractivity contribution is 5.78. The molecular formula is C15H22N4O. The van der Waals surface area contributed by atoms with Gasteiger partial charge in [0.2, 0.25) is 5.91 Å². The van der Waals surface area contributed by atoms with E-state index in [4.69, 9.17) is 0 Å². The molecule has 1 N–H and O–H groups in total. The first-order valence-electron chi connectivity index (χ1n) is 7.14. The highest BCUT2D eigenvalue weighted by atomic mass is 16.1. The van der Waals surface area contributed by atoms with E-state index in [-0.39, 0.29) is 5.91 Å². The number of likely N-dealkylation sites (N-methyl/N-ethyl adjacent to an activating group) is 1. The van der Waals surface area contributed by atoms with Crippen molar-refractivity contribution in [1.82, 2.24) is 19.6 Å². The summed E-state index contributed by atoms with van der Waals surface area (Å²) in [7, 11) is 0. The Kier molecular flexibility index (Phi) is 5.12. The minimum atomic E-state index is 0.0283. The SMILES string of the molecule is CCN(CC)CCNC(=O)Cc1cn2ccccc2n1. The van der Waals surface area contributed by atoms with Crippen molar-refractivity contribution in [2.75, 3.05) is 26.2 Å². The maximum absolute atomic E-state index is 11.9. The molecule has 0 spiro atoms. The molecule has 2 heterocycles. The third-order valence-electron chi connectivity index (χ3n) is 3.40. The van der Waals surface area contributed by atoms with Crippen LogP contribution in [0.1, 0.15) is 19.5 Å². The minimum absolute atomic E-state index is 0.0283. The molecule has 0 aliphatic heterocycles. The molecule has 0 aliphatic carbocycles. The Hall–Kier alpha value is -1.88. The van der Waals surface area contributed by atoms with Gasteiger partial charge in [0.25, 0.3) is 0 Å². The van der Waals surface area contributed by atoms with Gasteiger partial charge in [-0.05, 0) is 25.2 Å². The number of carbonyl (C=O) groups is 1. The van der Waals surface area contributed by atoms with E-state index in [2.05, 4.69) is 29.0 Å². The summed E-state index contributed by atoms with van der Waals surface area (Å²) in [5, 5.41) is 2.94. The molecule has 2 aromatic rings. The number of hydrogen-bond acceptors (Lipinski definition) is 3. The smallest absolute Gasteiger partial charge is 0.226 e. The van der Waals surface area contributed by atoms with Crippen LogP contribution >= 0.6 is 0 Å². The molecule has 0 saturated carbocycles. The molecule has 1 amide bonds. The number of amides is 1. The maximum Gasteiger partial charge on any atom is 0.226 e. The Labute approximate surface area is 119 Å². The van der Waals surface area contributed by atoms with Crippen molar-refractivity contribution in [3.63, 3.8) is 0 Å². The summed E-state index contributed by atoms with van der Waals surface area (Å²) >= 11 is 0. The summed E-state index contributed by atoms with van der Waals surface area (Å²) in [6, 6.07) is 5.82. The molecule has 0 fully saturated rings. The van der Waals surface area contributed by atoms with Crippen molar-refractivity contribution in [2.45, 2.75) is 20.3 Å². The third-order valence-corrected chi connectivity index (χ3v) is 3.40. The highest BCUT2D eigenvalue weighted by Gasteiger charge is 2.07. The van der Waals surface area contributed by atoms with Gasteiger partial charge in [0.05, 0.1) is 12.1 Å². The van der Waals surface area contributed by atoms with Gasteiger partial charge in [-0.25, -0.2) is 4.98 Å². The summed E-state index contributed by atoms with van der Waals surface area (Å²) in [6.07, 6.45) is 4.17. The van der Waals surface area contributed by atoms with Gasteiger partial charge in [-0.3, -0.25) is 4.79 Å². The fourth-order valence-electron chi connectivity index (χ4n) is 2.19. The number of aromatic nitrogens is 2. The summed E-state index contributed by atoms with van der Waals surface area (Å²) in [4.78, 5) is 18.6. The molecule has 2 aromatic heterocycles. The van der Waals surface area contributed by atoms with Gasteiger partial charge < -0.3 is 14.6 Å². The topological polar surface area (TPSA) is 49.6 Å². The molecule has 5 heteroatoms. The van der Waals surface area contributed by atoms with Crippen LogP contribution in [0.4, 0.5) is 0 Å². The van der Waals surface area contributed by atoms with Crippen LogP contribution < -0.4 is 5.32 Å². The van der Waals surface area contributed by atoms with Gasteiger partial charge in [0.1, 0.15) is 5.65 Å². The first kappa shape index (κ1) is 14.5. The molecule has 0 bridgehead atoms. The summed E-state index contributed by atoms with van der Waals surface area (Å²) in [5.41, 5.74) is 1.68. The van der Waals surface area contributed by atoms with Crippen molar-refractivity contribution in [3.8, 4) is 0 Å². The number of nitrogens with one attached hydrogen (secondary N) is 1. The lowest BCUT2D eigenvalue weighted by atomic mass is 10.3. The van der Waals surface area contributed by atoms with Crippen molar-refractivity contribution in [3.05, 3.63) is 36.3 Å². The van der Waals surface area contributed by atoms with E-state index in [0.717, 1.165) is 31.0 Å². The number of imidazole rings is 1. The number of fused-ring (bicyclic) bond motifs is 1. The normalized spacial score (nSPS) is 11.2. The Bertz CT molecular complexity index is 527. The first-order chi connectivity index (χ1) is 9.72. The van der Waals surface area contributed by atoms with Crippen LogP contribution in [-0.4, -0.2) is 46.4 Å². The van der Waals surface area contributed by atoms with Gasteiger partial charge in [-0.2, -0.15) is 0 Å². The van der Waals surface area contributed by atoms with Gasteiger partial charge in [0, 0.05) is 25.5 Å². The monoisotopic (exact) mass is 274 g/mol. The lowest BCUT2D eigenvalue weighted by Crippen LogP contribution is -2.35. The number of carbonyl (C=O) groups excluding carboxylic acids is 1. The first-order valence-corrected chi connectivity index (χ1v) is 7.14. The van der Waals surface area contributed by atoms with Gasteiger partial charge >= 0.3 is 0 Å². The van der Waals surface area contributed by atoms with E-state index < -0.39 is 0 Å². The summed E-state index contributed by atoms with van der Waals surface area (Å²) in [6.45, 7) is 7.86. The van der Waals surface area contributed by atoms with Crippen molar-refractivity contribution in [1.29, 1.82) is 0 Å². The highest BCUT2D eigenvalue weighted by Crippen LogP contribution is 2.04. The Balaban J connectivity index is 1.82. The van der Waals surface area contributed by atoms with E-state index >= 15 is 0 Å². The fraction of sp³-hybridized carbons (Fsp3) is 0.467. The largest absolute Gasteiger partial charge is 0.354 e. The van der Waals surface area contributed by atoms with Crippen LogP contribution in [0.2, 0.25) is 0 Å². The third kappa shape index (κ3) is 3.81. The van der Waals surface area contributed by atoms with Crippen LogP contribution in [0.25, 0.3) is 5.65 Å². The van der Waals surface area contributed by atoms with Crippen molar-refractivity contribution < 1.29 is 4.79 Å². The van der Waals surface area contributed by atoms with Crippen molar-refractivity contribution in [2.24, 2.45) is 0 Å². The molecule has 0 radical (unpaired) electrons. The van der Waals surface area contributed by atoms with E-state index in [1.807, 2.05) is 35.0 Å². The average molecular weight is 274 g/mol. The number of rotatable bonds is 7. The molecule has 20 heavy (non-hydrogen) atoms. The molecule has 0 aliphatic rings. The van der Waals surface area contributed by atoms with E-state index in [1.54, 1.807) is 0 Å². The molecule has 0 aromatic carbocycles. The Morgan fingerprint density at radius 1 is 1.35 bits per heavy atom. The summed E-state index contributed by atoms with van der Waals surface area (Å²) < 4.78 is 1.93. The second-order valence-electron chi connectivity index (χ2n) is 4.75. The number of hydrogen-bond donors (Lipinski definition) is 1. The van der Waals surface area contributed by atoms with Crippen LogP contribution in [-0.2, 0) is 11.2 Å². The summed E-state index contributed by atoms with van der Waals surface area (Å²) in [5.74, 6) is 0.0283. The predicted octanol–water partition coefficient (Wildman–Crippen LogP) is 1.33. The van der Waals surface area contributed by atoms with Gasteiger partial charge in [-0.1, -0.05) is 19.9 Å². The van der Waals surface area contributed by atoms with Gasteiger partial charge in [-0.15, -0.1) is 0 Å². The van der Waals surface area contributed by atoms with Crippen LogP contribution in [0.15, 0.2) is 30.6 Å². The zero-order chi connectivity index (χ0) is 14.4. The van der Waals surface area contributed by atoms with Crippen LogP contribution in [0.5, 0.6) is 0 Å². The molecular weight excluding hydrogens is 252 g/mol. The molecule has 0 saturated heterocycles. The minimum Gasteiger partial charge on any atom is -0.354 e. The second-order valence-corrected chi connectivity index (χ2v) is 4.75. The lowest BCUT2D eigenvalue weighted by molar-refractivity contribution is -0.120. The fourth-order valence-corrected chi connectivity index (χ4v) is 2.19. The quantitative estimate of drug-likeness (QED) is 0.829. The Morgan fingerprint density at radius 2 is 2.15 bits per heavy atom. The van der Waals surface area contributed by atoms with E-state index in [1.165, 1.54) is 0 Å². The standard InChI is InChI=1S/C15H22N4O/c1-3-18(4-2)10-8-16-15(20)11-13-12-19-9-6-5-7-14(19)17-13/h5-7,9,12H,3-4,8,10-11H2,1-2H3,(H,16,20). The molecule has 0 unspecified atom stereocenters. The predicted molar refractivity (Wildman–Crippen MR) is 79.7 cm³/mol. The molecule has 108 valence electrons. The molecule has 2 rings (SSSR count). The maximum atomic E-state index is 11.9. The van der Waals surface area contributed by atoms with Crippen LogP contribution in [0, 0.1) is 0 Å². The van der Waals surface area contributed by atoms with Crippen LogP contribution in [0.3, 0.4) is 0 Å². The Morgan fingerprint density at radius 3 is 2.85 bits per heavy atom. The van der Waals surface area contributed by atoms with E-state index in [9.17, 15) is 4.79 Å². The number of pyridine rings is 1.